The molecule has 0 fully saturated rings. The van der Waals surface area contributed by atoms with E-state index in [0.717, 1.165) is 18.1 Å². The van der Waals surface area contributed by atoms with Gasteiger partial charge in [0.05, 0.1) is 0 Å². The van der Waals surface area contributed by atoms with Crippen molar-refractivity contribution in [3.05, 3.63) is 41.8 Å². The molecule has 2 rings (SSSR count). The standard InChI is InChI=1S/C10H11NO/c1-11-10-7-6-8-4-2-3-5-9(8)12-10/h2-5,7,11H,6H2,1H3. The van der Waals surface area contributed by atoms with Gasteiger partial charge in [-0.25, -0.2) is 0 Å². The number of ether oxygens (including phenoxy) is 1. The predicted molar refractivity (Wildman–Crippen MR) is 47.9 cm³/mol. The second-order valence-corrected chi connectivity index (χ2v) is 2.73. The van der Waals surface area contributed by atoms with Crippen molar-refractivity contribution in [1.29, 1.82) is 0 Å². The third kappa shape index (κ3) is 1.16. The summed E-state index contributed by atoms with van der Waals surface area (Å²) >= 11 is 0. The Morgan fingerprint density at radius 1 is 1.33 bits per heavy atom. The van der Waals surface area contributed by atoms with E-state index in [1.165, 1.54) is 5.56 Å². The minimum atomic E-state index is 0.841. The van der Waals surface area contributed by atoms with Gasteiger partial charge in [-0.1, -0.05) is 18.2 Å². The monoisotopic (exact) mass is 161 g/mol. The summed E-state index contributed by atoms with van der Waals surface area (Å²) in [5.41, 5.74) is 1.25. The van der Waals surface area contributed by atoms with Gasteiger partial charge in [-0.3, -0.25) is 0 Å². The smallest absolute Gasteiger partial charge is 0.189 e. The van der Waals surface area contributed by atoms with Crippen molar-refractivity contribution < 1.29 is 4.74 Å². The molecule has 12 heavy (non-hydrogen) atoms. The number of para-hydroxylation sites is 1. The molecule has 0 aliphatic carbocycles. The molecule has 1 heterocycles. The van der Waals surface area contributed by atoms with Crippen molar-refractivity contribution in [2.75, 3.05) is 7.05 Å². The van der Waals surface area contributed by atoms with E-state index < -0.39 is 0 Å². The number of nitrogens with one attached hydrogen (secondary N) is 1. The van der Waals surface area contributed by atoms with E-state index >= 15 is 0 Å². The van der Waals surface area contributed by atoms with Crippen molar-refractivity contribution in [2.24, 2.45) is 0 Å². The fraction of sp³-hybridized carbons (Fsp3) is 0.200. The van der Waals surface area contributed by atoms with Crippen LogP contribution in [0.2, 0.25) is 0 Å². The zero-order chi connectivity index (χ0) is 8.39. The highest BCUT2D eigenvalue weighted by molar-refractivity contribution is 5.38. The fourth-order valence-corrected chi connectivity index (χ4v) is 1.29. The Morgan fingerprint density at radius 2 is 2.17 bits per heavy atom. The zero-order valence-corrected chi connectivity index (χ0v) is 7.00. The molecule has 2 nitrogen and oxygen atoms in total. The number of rotatable bonds is 1. The van der Waals surface area contributed by atoms with Crippen LogP contribution in [0.1, 0.15) is 5.56 Å². The average Bonchev–Trinajstić information content (AvgIpc) is 2.17. The maximum Gasteiger partial charge on any atom is 0.189 e. The molecule has 0 saturated carbocycles. The largest absolute Gasteiger partial charge is 0.441 e. The molecule has 1 aliphatic rings. The molecule has 62 valence electrons. The number of hydrogen-bond donors (Lipinski definition) is 1. The van der Waals surface area contributed by atoms with Crippen LogP contribution in [0.4, 0.5) is 0 Å². The first kappa shape index (κ1) is 7.22. The molecule has 2 heteroatoms. The lowest BCUT2D eigenvalue weighted by molar-refractivity contribution is 0.377. The van der Waals surface area contributed by atoms with E-state index in [4.69, 9.17) is 4.74 Å². The van der Waals surface area contributed by atoms with E-state index in [2.05, 4.69) is 11.4 Å². The van der Waals surface area contributed by atoms with E-state index in [9.17, 15) is 0 Å². The summed E-state index contributed by atoms with van der Waals surface area (Å²) in [5, 5.41) is 2.98. The summed E-state index contributed by atoms with van der Waals surface area (Å²) in [6.07, 6.45) is 2.99. The molecule has 0 atom stereocenters. The molecule has 0 saturated heterocycles. The lowest BCUT2D eigenvalue weighted by atomic mass is 10.1. The van der Waals surface area contributed by atoms with Gasteiger partial charge in [0.2, 0.25) is 0 Å². The molecule has 0 radical (unpaired) electrons. The van der Waals surface area contributed by atoms with Gasteiger partial charge in [0.25, 0.3) is 0 Å². The fourth-order valence-electron chi connectivity index (χ4n) is 1.29. The molecule has 1 N–H and O–H groups in total. The molecular formula is C10H11NO. The van der Waals surface area contributed by atoms with Crippen LogP contribution in [0.25, 0.3) is 0 Å². The van der Waals surface area contributed by atoms with Crippen LogP contribution in [0, 0.1) is 0 Å². The normalized spacial score (nSPS) is 14.2. The third-order valence-electron chi connectivity index (χ3n) is 1.95. The van der Waals surface area contributed by atoms with Gasteiger partial charge in [-0.05, 0) is 24.1 Å². The van der Waals surface area contributed by atoms with Gasteiger partial charge in [0, 0.05) is 7.05 Å². The van der Waals surface area contributed by atoms with Crippen molar-refractivity contribution >= 4 is 0 Å². The minimum Gasteiger partial charge on any atom is -0.441 e. The molecule has 0 aromatic heterocycles. The SMILES string of the molecule is CNC1=CCc2ccccc2O1. The Labute approximate surface area is 71.9 Å². The van der Waals surface area contributed by atoms with Gasteiger partial charge < -0.3 is 10.1 Å². The second kappa shape index (κ2) is 2.89. The highest BCUT2D eigenvalue weighted by Gasteiger charge is 2.09. The lowest BCUT2D eigenvalue weighted by Crippen LogP contribution is -2.16. The maximum atomic E-state index is 5.53. The first-order valence-electron chi connectivity index (χ1n) is 4.04. The number of benzene rings is 1. The highest BCUT2D eigenvalue weighted by atomic mass is 16.5. The highest BCUT2D eigenvalue weighted by Crippen LogP contribution is 2.24. The van der Waals surface area contributed by atoms with Crippen LogP contribution >= 0.6 is 0 Å². The third-order valence-corrected chi connectivity index (χ3v) is 1.95. The molecule has 0 amide bonds. The minimum absolute atomic E-state index is 0.841. The quantitative estimate of drug-likeness (QED) is 0.676. The molecule has 1 aromatic rings. The Kier molecular flexibility index (Phi) is 1.74. The van der Waals surface area contributed by atoms with Crippen LogP contribution in [0.15, 0.2) is 36.2 Å². The van der Waals surface area contributed by atoms with Crippen LogP contribution in [-0.4, -0.2) is 7.05 Å². The molecule has 0 spiro atoms. The van der Waals surface area contributed by atoms with Crippen molar-refractivity contribution in [3.63, 3.8) is 0 Å². The van der Waals surface area contributed by atoms with Gasteiger partial charge >= 0.3 is 0 Å². The Hall–Kier alpha value is -1.44. The summed E-state index contributed by atoms with van der Waals surface area (Å²) < 4.78 is 5.53. The van der Waals surface area contributed by atoms with Crippen LogP contribution in [0.5, 0.6) is 5.75 Å². The Bertz CT molecular complexity index is 317. The predicted octanol–water partition coefficient (Wildman–Crippen LogP) is 1.68. The maximum absolute atomic E-state index is 5.53. The molecule has 1 aromatic carbocycles. The van der Waals surface area contributed by atoms with E-state index in [-0.39, 0.29) is 0 Å². The zero-order valence-electron chi connectivity index (χ0n) is 7.00. The second-order valence-electron chi connectivity index (χ2n) is 2.73. The summed E-state index contributed by atoms with van der Waals surface area (Å²) in [6.45, 7) is 0. The first-order chi connectivity index (χ1) is 5.90. The van der Waals surface area contributed by atoms with Gasteiger partial charge in [-0.15, -0.1) is 0 Å². The van der Waals surface area contributed by atoms with Crippen molar-refractivity contribution in [2.45, 2.75) is 6.42 Å². The van der Waals surface area contributed by atoms with E-state index in [1.807, 2.05) is 31.3 Å². The summed E-state index contributed by atoms with van der Waals surface area (Å²) in [7, 11) is 1.86. The Morgan fingerprint density at radius 3 is 3.00 bits per heavy atom. The summed E-state index contributed by atoms with van der Waals surface area (Å²) in [6, 6.07) is 8.08. The molecular weight excluding hydrogens is 150 g/mol. The molecule has 0 unspecified atom stereocenters. The Balaban J connectivity index is 2.31. The van der Waals surface area contributed by atoms with Gasteiger partial charge in [-0.2, -0.15) is 0 Å². The van der Waals surface area contributed by atoms with Gasteiger partial charge in [0.15, 0.2) is 5.88 Å². The van der Waals surface area contributed by atoms with Crippen LogP contribution in [-0.2, 0) is 6.42 Å². The van der Waals surface area contributed by atoms with Crippen molar-refractivity contribution in [1.82, 2.24) is 5.32 Å². The first-order valence-corrected chi connectivity index (χ1v) is 4.04. The van der Waals surface area contributed by atoms with Crippen LogP contribution < -0.4 is 10.1 Å². The summed E-state index contributed by atoms with van der Waals surface area (Å²) in [4.78, 5) is 0. The number of fused-ring (bicyclic) bond motifs is 1. The number of allylic oxidation sites excluding steroid dienone is 1. The average molecular weight is 161 g/mol. The summed E-state index contributed by atoms with van der Waals surface area (Å²) in [5.74, 6) is 1.80. The van der Waals surface area contributed by atoms with Crippen molar-refractivity contribution in [3.8, 4) is 5.75 Å². The molecule has 1 aliphatic heterocycles. The van der Waals surface area contributed by atoms with Crippen LogP contribution in [0.3, 0.4) is 0 Å². The number of hydrogen-bond acceptors (Lipinski definition) is 2. The van der Waals surface area contributed by atoms with E-state index in [1.54, 1.807) is 0 Å². The van der Waals surface area contributed by atoms with E-state index in [0.29, 0.717) is 0 Å². The lowest BCUT2D eigenvalue weighted by Gasteiger charge is -2.16. The topological polar surface area (TPSA) is 21.3 Å². The molecule has 0 bridgehead atoms. The van der Waals surface area contributed by atoms with Gasteiger partial charge in [0.1, 0.15) is 5.75 Å².